The number of fused-ring (bicyclic) bond motifs is 1. The Kier molecular flexibility index (Phi) is 10.3. The third kappa shape index (κ3) is 7.08. The highest BCUT2D eigenvalue weighted by Crippen LogP contribution is 2.35. The minimum absolute atomic E-state index is 0. The number of hydrogen-bond donors (Lipinski definition) is 2. The fraction of sp³-hybridized carbons (Fsp3) is 0.579. The smallest absolute Gasteiger partial charge is 0.307 e. The van der Waals surface area contributed by atoms with Gasteiger partial charge in [0.05, 0.1) is 26.7 Å². The van der Waals surface area contributed by atoms with Crippen molar-refractivity contribution in [2.75, 3.05) is 26.8 Å². The van der Waals surface area contributed by atoms with Crippen molar-refractivity contribution in [3.63, 3.8) is 0 Å². The second kappa shape index (κ2) is 11.9. The topological polar surface area (TPSA) is 81.2 Å². The van der Waals surface area contributed by atoms with Gasteiger partial charge in [0.1, 0.15) is 17.6 Å². The molecule has 1 atom stereocenters. The van der Waals surface area contributed by atoms with Crippen LogP contribution in [0.3, 0.4) is 0 Å². The van der Waals surface area contributed by atoms with E-state index in [1.165, 1.54) is 12.7 Å². The lowest BCUT2D eigenvalue weighted by Crippen LogP contribution is -2.38. The summed E-state index contributed by atoms with van der Waals surface area (Å²) in [4.78, 5) is 15.8. The van der Waals surface area contributed by atoms with Crippen molar-refractivity contribution in [2.45, 2.75) is 46.3 Å². The lowest BCUT2D eigenvalue weighted by atomic mass is 10.1. The molecule has 8 heteroatoms. The summed E-state index contributed by atoms with van der Waals surface area (Å²) < 4.78 is 16.3. The quantitative estimate of drug-likeness (QED) is 0.252. The molecule has 0 amide bonds. The van der Waals surface area contributed by atoms with Crippen LogP contribution in [0, 0.1) is 0 Å². The molecule has 1 aliphatic heterocycles. The lowest BCUT2D eigenvalue weighted by Gasteiger charge is -2.13. The van der Waals surface area contributed by atoms with Crippen LogP contribution in [0.5, 0.6) is 11.5 Å². The zero-order valence-electron chi connectivity index (χ0n) is 16.5. The molecular formula is C19H30IN3O4. The van der Waals surface area contributed by atoms with Gasteiger partial charge in [-0.05, 0) is 32.9 Å². The van der Waals surface area contributed by atoms with Crippen LogP contribution < -0.4 is 20.1 Å². The minimum Gasteiger partial charge on any atom is -0.494 e. The fourth-order valence-electron chi connectivity index (χ4n) is 2.79. The molecule has 0 spiro atoms. The molecule has 0 aliphatic carbocycles. The van der Waals surface area contributed by atoms with Gasteiger partial charge in [-0.3, -0.25) is 4.79 Å². The summed E-state index contributed by atoms with van der Waals surface area (Å²) in [6, 6.07) is 4.08. The van der Waals surface area contributed by atoms with Crippen molar-refractivity contribution in [1.29, 1.82) is 0 Å². The molecule has 27 heavy (non-hydrogen) atoms. The third-order valence-electron chi connectivity index (χ3n) is 3.98. The Morgan fingerprint density at radius 2 is 2.11 bits per heavy atom. The van der Waals surface area contributed by atoms with Gasteiger partial charge in [0.25, 0.3) is 0 Å². The van der Waals surface area contributed by atoms with Gasteiger partial charge in [-0.1, -0.05) is 0 Å². The molecule has 2 N–H and O–H groups in total. The SMILES string of the molecule is CCNC(=NCc1cc2c(cc1OCC)CC(C)O2)NCCC(=O)OC.I. The van der Waals surface area contributed by atoms with Crippen molar-refractivity contribution >= 4 is 35.9 Å². The maximum atomic E-state index is 11.2. The number of methoxy groups -OCH3 is 1. The number of rotatable bonds is 8. The number of esters is 1. The van der Waals surface area contributed by atoms with Crippen molar-refractivity contribution in [2.24, 2.45) is 4.99 Å². The van der Waals surface area contributed by atoms with E-state index < -0.39 is 0 Å². The van der Waals surface area contributed by atoms with Crippen LogP contribution in [0.4, 0.5) is 0 Å². The first-order chi connectivity index (χ1) is 12.6. The molecule has 1 aromatic carbocycles. The zero-order valence-corrected chi connectivity index (χ0v) is 18.8. The monoisotopic (exact) mass is 491 g/mol. The Labute approximate surface area is 178 Å². The van der Waals surface area contributed by atoms with Crippen LogP contribution in [0.25, 0.3) is 0 Å². The second-order valence-electron chi connectivity index (χ2n) is 6.08. The van der Waals surface area contributed by atoms with Gasteiger partial charge in [0.15, 0.2) is 5.96 Å². The average Bonchev–Trinajstić information content (AvgIpc) is 2.98. The summed E-state index contributed by atoms with van der Waals surface area (Å²) in [5, 5.41) is 6.30. The molecule has 1 heterocycles. The summed E-state index contributed by atoms with van der Waals surface area (Å²) in [6.45, 7) is 8.27. The minimum atomic E-state index is -0.253. The highest BCUT2D eigenvalue weighted by atomic mass is 127. The molecule has 0 saturated carbocycles. The number of halogens is 1. The first-order valence-electron chi connectivity index (χ1n) is 9.11. The number of guanidine groups is 1. The molecule has 0 saturated heterocycles. The number of aliphatic imine (C=N–C) groups is 1. The van der Waals surface area contributed by atoms with Crippen LogP contribution in [-0.4, -0.2) is 44.8 Å². The fourth-order valence-corrected chi connectivity index (χ4v) is 2.79. The second-order valence-corrected chi connectivity index (χ2v) is 6.08. The van der Waals surface area contributed by atoms with Gasteiger partial charge in [-0.25, -0.2) is 4.99 Å². The van der Waals surface area contributed by atoms with Gasteiger partial charge >= 0.3 is 5.97 Å². The van der Waals surface area contributed by atoms with E-state index in [0.717, 1.165) is 30.0 Å². The number of nitrogens with zero attached hydrogens (tertiary/aromatic N) is 1. The van der Waals surface area contributed by atoms with Gasteiger partial charge in [0, 0.05) is 30.6 Å². The van der Waals surface area contributed by atoms with E-state index in [-0.39, 0.29) is 42.5 Å². The Bertz CT molecular complexity index is 652. The Morgan fingerprint density at radius 3 is 2.78 bits per heavy atom. The Balaban J connectivity index is 0.00000364. The summed E-state index contributed by atoms with van der Waals surface area (Å²) in [5.74, 6) is 2.15. The number of hydrogen-bond acceptors (Lipinski definition) is 5. The summed E-state index contributed by atoms with van der Waals surface area (Å²) in [6.07, 6.45) is 1.38. The molecule has 0 bridgehead atoms. The number of carbonyl (C=O) groups excluding carboxylic acids is 1. The predicted molar refractivity (Wildman–Crippen MR) is 116 cm³/mol. The van der Waals surface area contributed by atoms with Crippen molar-refractivity contribution in [3.8, 4) is 11.5 Å². The van der Waals surface area contributed by atoms with Crippen LogP contribution in [0.15, 0.2) is 17.1 Å². The Morgan fingerprint density at radius 1 is 1.33 bits per heavy atom. The summed E-state index contributed by atoms with van der Waals surface area (Å²) in [7, 11) is 1.38. The molecule has 0 aromatic heterocycles. The summed E-state index contributed by atoms with van der Waals surface area (Å²) >= 11 is 0. The molecular weight excluding hydrogens is 461 g/mol. The van der Waals surface area contributed by atoms with Gasteiger partial charge < -0.3 is 24.8 Å². The first-order valence-corrected chi connectivity index (χ1v) is 9.11. The number of carbonyl (C=O) groups is 1. The highest BCUT2D eigenvalue weighted by Gasteiger charge is 2.21. The standard InChI is InChI=1S/C19H29N3O4.HI/c1-5-20-19(21-8-7-18(23)24-4)22-12-15-11-17-14(9-13(3)26-17)10-16(15)25-6-2;/h10-11,13H,5-9,12H2,1-4H3,(H2,20,21,22);1H. The molecule has 1 unspecified atom stereocenters. The van der Waals surface area contributed by atoms with Crippen molar-refractivity contribution in [3.05, 3.63) is 23.3 Å². The van der Waals surface area contributed by atoms with Crippen LogP contribution >= 0.6 is 24.0 Å². The normalized spacial score (nSPS) is 15.3. The highest BCUT2D eigenvalue weighted by molar-refractivity contribution is 14.0. The summed E-state index contributed by atoms with van der Waals surface area (Å²) in [5.41, 5.74) is 2.15. The number of nitrogens with one attached hydrogen (secondary N) is 2. The predicted octanol–water partition coefficient (Wildman–Crippen LogP) is 2.64. The first kappa shape index (κ1) is 23.3. The van der Waals surface area contributed by atoms with Crippen LogP contribution in [0.2, 0.25) is 0 Å². The van der Waals surface area contributed by atoms with Gasteiger partial charge in [-0.15, -0.1) is 24.0 Å². The van der Waals surface area contributed by atoms with E-state index in [9.17, 15) is 4.79 Å². The molecule has 1 aromatic rings. The molecule has 152 valence electrons. The largest absolute Gasteiger partial charge is 0.494 e. The van der Waals surface area contributed by atoms with E-state index in [1.54, 1.807) is 0 Å². The molecule has 7 nitrogen and oxygen atoms in total. The Hall–Kier alpha value is -1.71. The van der Waals surface area contributed by atoms with Gasteiger partial charge in [-0.2, -0.15) is 0 Å². The van der Waals surface area contributed by atoms with Crippen molar-refractivity contribution < 1.29 is 19.0 Å². The molecule has 2 rings (SSSR count). The van der Waals surface area contributed by atoms with E-state index in [4.69, 9.17) is 9.47 Å². The van der Waals surface area contributed by atoms with Crippen molar-refractivity contribution in [1.82, 2.24) is 10.6 Å². The van der Waals surface area contributed by atoms with E-state index in [1.807, 2.05) is 19.9 Å². The third-order valence-corrected chi connectivity index (χ3v) is 3.98. The molecule has 0 radical (unpaired) electrons. The zero-order chi connectivity index (χ0) is 18.9. The van der Waals surface area contributed by atoms with E-state index in [0.29, 0.717) is 25.7 Å². The van der Waals surface area contributed by atoms with Gasteiger partial charge in [0.2, 0.25) is 0 Å². The maximum absolute atomic E-state index is 11.2. The van der Waals surface area contributed by atoms with Crippen LogP contribution in [0.1, 0.15) is 38.3 Å². The number of ether oxygens (including phenoxy) is 3. The molecule has 0 fully saturated rings. The van der Waals surface area contributed by atoms with E-state index in [2.05, 4.69) is 33.4 Å². The number of benzene rings is 1. The van der Waals surface area contributed by atoms with Crippen LogP contribution in [-0.2, 0) is 22.5 Å². The van der Waals surface area contributed by atoms with E-state index >= 15 is 0 Å². The lowest BCUT2D eigenvalue weighted by molar-refractivity contribution is -0.140. The maximum Gasteiger partial charge on any atom is 0.307 e. The average molecular weight is 491 g/mol. The molecule has 1 aliphatic rings.